The summed E-state index contributed by atoms with van der Waals surface area (Å²) in [4.78, 5) is 13.8. The Bertz CT molecular complexity index is 377. The summed E-state index contributed by atoms with van der Waals surface area (Å²) in [6, 6.07) is 1.98. The van der Waals surface area contributed by atoms with Crippen molar-refractivity contribution in [3.8, 4) is 0 Å². The molecule has 0 aliphatic carbocycles. The topological polar surface area (TPSA) is 29.1 Å². The van der Waals surface area contributed by atoms with E-state index < -0.39 is 0 Å². The second-order valence-corrected chi connectivity index (χ2v) is 5.75. The summed E-state index contributed by atoms with van der Waals surface area (Å²) in [6.45, 7) is 6.07. The number of thiophene rings is 1. The molecule has 1 fully saturated rings. The van der Waals surface area contributed by atoms with Gasteiger partial charge in [0, 0.05) is 22.4 Å². The predicted octanol–water partition coefficient (Wildman–Crippen LogP) is 3.02. The van der Waals surface area contributed by atoms with Gasteiger partial charge >= 0.3 is 0 Å². The van der Waals surface area contributed by atoms with Gasteiger partial charge in [-0.15, -0.1) is 11.3 Å². The van der Waals surface area contributed by atoms with Crippen molar-refractivity contribution in [1.82, 2.24) is 5.32 Å². The number of nitrogens with one attached hydrogen (secondary N) is 1. The fourth-order valence-corrected chi connectivity index (χ4v) is 3.23. The fourth-order valence-electron chi connectivity index (χ4n) is 2.53. The van der Waals surface area contributed by atoms with Gasteiger partial charge in [0.15, 0.2) is 5.78 Å². The molecule has 1 aromatic heterocycles. The van der Waals surface area contributed by atoms with E-state index in [9.17, 15) is 4.79 Å². The van der Waals surface area contributed by atoms with E-state index in [2.05, 4.69) is 12.2 Å². The van der Waals surface area contributed by atoms with E-state index in [1.54, 1.807) is 11.3 Å². The first-order chi connectivity index (χ1) is 7.69. The first kappa shape index (κ1) is 11.8. The minimum Gasteiger partial charge on any atom is -0.316 e. The van der Waals surface area contributed by atoms with Crippen LogP contribution in [0.2, 0.25) is 0 Å². The number of piperidine rings is 1. The zero-order valence-corrected chi connectivity index (χ0v) is 10.8. The normalized spacial score (nSPS) is 25.6. The van der Waals surface area contributed by atoms with Gasteiger partial charge in [0.2, 0.25) is 0 Å². The lowest BCUT2D eigenvalue weighted by Crippen LogP contribution is -2.45. The van der Waals surface area contributed by atoms with Crippen LogP contribution >= 0.6 is 11.3 Å². The average Bonchev–Trinajstić information content (AvgIpc) is 2.75. The predicted molar refractivity (Wildman–Crippen MR) is 68.2 cm³/mol. The van der Waals surface area contributed by atoms with Crippen LogP contribution in [-0.2, 0) is 0 Å². The molecule has 1 aromatic rings. The summed E-state index contributed by atoms with van der Waals surface area (Å²) in [5.74, 6) is 0.348. The van der Waals surface area contributed by atoms with E-state index >= 15 is 0 Å². The quantitative estimate of drug-likeness (QED) is 0.819. The Morgan fingerprint density at radius 1 is 1.62 bits per heavy atom. The Morgan fingerprint density at radius 2 is 2.44 bits per heavy atom. The van der Waals surface area contributed by atoms with E-state index in [-0.39, 0.29) is 5.41 Å². The second-order valence-electron chi connectivity index (χ2n) is 4.63. The van der Waals surface area contributed by atoms with Crippen LogP contribution in [-0.4, -0.2) is 18.9 Å². The molecule has 0 spiro atoms. The Hall–Kier alpha value is -0.670. The molecule has 16 heavy (non-hydrogen) atoms. The molecule has 0 saturated carbocycles. The van der Waals surface area contributed by atoms with Crippen LogP contribution in [0.5, 0.6) is 0 Å². The molecular formula is C13H19NOS. The van der Waals surface area contributed by atoms with Crippen LogP contribution in [0.4, 0.5) is 0 Å². The number of hydrogen-bond donors (Lipinski definition) is 1. The molecule has 1 aliphatic heterocycles. The van der Waals surface area contributed by atoms with Gasteiger partial charge in [0.25, 0.3) is 0 Å². The third-order valence-electron chi connectivity index (χ3n) is 3.73. The maximum atomic E-state index is 12.6. The van der Waals surface area contributed by atoms with Crippen molar-refractivity contribution in [2.75, 3.05) is 13.1 Å². The highest BCUT2D eigenvalue weighted by Gasteiger charge is 2.38. The zero-order chi connectivity index (χ0) is 11.6. The molecule has 0 aromatic carbocycles. The molecular weight excluding hydrogens is 218 g/mol. The van der Waals surface area contributed by atoms with Crippen molar-refractivity contribution >= 4 is 17.1 Å². The lowest BCUT2D eigenvalue weighted by molar-refractivity contribution is 0.0730. The third kappa shape index (κ3) is 1.94. The monoisotopic (exact) mass is 237 g/mol. The van der Waals surface area contributed by atoms with E-state index in [0.717, 1.165) is 42.8 Å². The zero-order valence-electron chi connectivity index (χ0n) is 10.0. The molecule has 88 valence electrons. The van der Waals surface area contributed by atoms with Crippen molar-refractivity contribution in [3.05, 3.63) is 21.9 Å². The molecule has 1 unspecified atom stereocenters. The third-order valence-corrected chi connectivity index (χ3v) is 4.58. The minimum atomic E-state index is -0.149. The number of rotatable bonds is 3. The number of ketones is 1. The maximum Gasteiger partial charge on any atom is 0.171 e. The van der Waals surface area contributed by atoms with Gasteiger partial charge in [-0.2, -0.15) is 0 Å². The Kier molecular flexibility index (Phi) is 3.45. The molecule has 2 nitrogen and oxygen atoms in total. The Morgan fingerprint density at radius 3 is 2.94 bits per heavy atom. The number of carbonyl (C=O) groups excluding carboxylic acids is 1. The maximum absolute atomic E-state index is 12.6. The second kappa shape index (κ2) is 4.68. The molecule has 0 amide bonds. The SMILES string of the molecule is CCC1(C(=O)c2ccsc2C)CCCNC1. The molecule has 1 atom stereocenters. The summed E-state index contributed by atoms with van der Waals surface area (Å²) in [7, 11) is 0. The molecule has 2 heterocycles. The standard InChI is InChI=1S/C13H19NOS/c1-3-13(6-4-7-14-9-13)12(15)11-5-8-16-10(11)2/h5,8,14H,3-4,6-7,9H2,1-2H3. The average molecular weight is 237 g/mol. The highest BCUT2D eigenvalue weighted by atomic mass is 32.1. The summed E-state index contributed by atoms with van der Waals surface area (Å²) >= 11 is 1.66. The van der Waals surface area contributed by atoms with Crippen LogP contribution < -0.4 is 5.32 Å². The molecule has 1 aliphatic rings. The highest BCUT2D eigenvalue weighted by Crippen LogP contribution is 2.35. The number of Topliss-reactive ketones (excluding diaryl/α,β-unsaturated/α-hetero) is 1. The van der Waals surface area contributed by atoms with Crippen LogP contribution in [0.15, 0.2) is 11.4 Å². The molecule has 0 radical (unpaired) electrons. The Balaban J connectivity index is 2.28. The smallest absolute Gasteiger partial charge is 0.171 e. The van der Waals surface area contributed by atoms with E-state index in [1.165, 1.54) is 0 Å². The molecule has 3 heteroatoms. The van der Waals surface area contributed by atoms with Crippen molar-refractivity contribution in [2.45, 2.75) is 33.1 Å². The van der Waals surface area contributed by atoms with Gasteiger partial charge in [-0.1, -0.05) is 6.92 Å². The first-order valence-electron chi connectivity index (χ1n) is 5.99. The lowest BCUT2D eigenvalue weighted by Gasteiger charge is -2.35. The summed E-state index contributed by atoms with van der Waals surface area (Å²) in [6.07, 6.45) is 3.08. The van der Waals surface area contributed by atoms with Gasteiger partial charge in [0.05, 0.1) is 0 Å². The van der Waals surface area contributed by atoms with Crippen molar-refractivity contribution in [2.24, 2.45) is 5.41 Å². The summed E-state index contributed by atoms with van der Waals surface area (Å²) in [5.41, 5.74) is 0.792. The van der Waals surface area contributed by atoms with Crippen molar-refractivity contribution in [3.63, 3.8) is 0 Å². The molecule has 2 rings (SSSR count). The largest absolute Gasteiger partial charge is 0.316 e. The van der Waals surface area contributed by atoms with Gasteiger partial charge in [0.1, 0.15) is 0 Å². The molecule has 1 N–H and O–H groups in total. The van der Waals surface area contributed by atoms with E-state index in [0.29, 0.717) is 5.78 Å². The first-order valence-corrected chi connectivity index (χ1v) is 6.87. The van der Waals surface area contributed by atoms with Gasteiger partial charge in [-0.25, -0.2) is 0 Å². The van der Waals surface area contributed by atoms with Crippen LogP contribution in [0.3, 0.4) is 0 Å². The van der Waals surface area contributed by atoms with Gasteiger partial charge < -0.3 is 5.32 Å². The van der Waals surface area contributed by atoms with Gasteiger partial charge in [-0.05, 0) is 44.2 Å². The lowest BCUT2D eigenvalue weighted by atomic mass is 9.73. The minimum absolute atomic E-state index is 0.149. The fraction of sp³-hybridized carbons (Fsp3) is 0.615. The van der Waals surface area contributed by atoms with Crippen molar-refractivity contribution in [1.29, 1.82) is 0 Å². The number of carbonyl (C=O) groups is 1. The highest BCUT2D eigenvalue weighted by molar-refractivity contribution is 7.10. The van der Waals surface area contributed by atoms with Crippen LogP contribution in [0.1, 0.15) is 41.4 Å². The van der Waals surface area contributed by atoms with Crippen LogP contribution in [0.25, 0.3) is 0 Å². The van der Waals surface area contributed by atoms with E-state index in [4.69, 9.17) is 0 Å². The van der Waals surface area contributed by atoms with Crippen molar-refractivity contribution < 1.29 is 4.79 Å². The molecule has 1 saturated heterocycles. The Labute approximate surface area is 101 Å². The molecule has 0 bridgehead atoms. The van der Waals surface area contributed by atoms with Gasteiger partial charge in [-0.3, -0.25) is 4.79 Å². The number of aryl methyl sites for hydroxylation is 1. The number of hydrogen-bond acceptors (Lipinski definition) is 3. The van der Waals surface area contributed by atoms with Crippen LogP contribution in [0, 0.1) is 12.3 Å². The summed E-state index contributed by atoms with van der Waals surface area (Å²) < 4.78 is 0. The van der Waals surface area contributed by atoms with E-state index in [1.807, 2.05) is 18.4 Å². The summed E-state index contributed by atoms with van der Waals surface area (Å²) in [5, 5.41) is 5.39.